The number of fused-ring (bicyclic) bond motifs is 1. The minimum Gasteiger partial charge on any atom is -0.384 e. The van der Waals surface area contributed by atoms with E-state index in [1.54, 1.807) is 22.8 Å². The van der Waals surface area contributed by atoms with Crippen molar-refractivity contribution in [3.05, 3.63) is 41.0 Å². The second-order valence-electron chi connectivity index (χ2n) is 5.55. The molecule has 0 bridgehead atoms. The van der Waals surface area contributed by atoms with Crippen LogP contribution in [0.1, 0.15) is 33.5 Å². The van der Waals surface area contributed by atoms with Crippen LogP contribution >= 0.6 is 0 Å². The molecule has 0 spiro atoms. The standard InChI is InChI=1S/C15H19N5O2/c1-10-5-4-6-12(16-10)15(21)20-7-11(9-22-3)14-13(8-20)17-18-19(14)2/h4-6,11H,7-9H2,1-3H3. The lowest BCUT2D eigenvalue weighted by molar-refractivity contribution is 0.0667. The topological polar surface area (TPSA) is 73.1 Å². The molecule has 2 aromatic heterocycles. The molecule has 1 amide bonds. The maximum atomic E-state index is 12.7. The van der Waals surface area contributed by atoms with Crippen molar-refractivity contribution in [3.63, 3.8) is 0 Å². The van der Waals surface area contributed by atoms with Gasteiger partial charge in [0.1, 0.15) is 11.4 Å². The third-order valence-corrected chi connectivity index (χ3v) is 3.87. The smallest absolute Gasteiger partial charge is 0.272 e. The van der Waals surface area contributed by atoms with Crippen molar-refractivity contribution in [2.24, 2.45) is 7.05 Å². The zero-order valence-electron chi connectivity index (χ0n) is 13.0. The van der Waals surface area contributed by atoms with Crippen molar-refractivity contribution < 1.29 is 9.53 Å². The van der Waals surface area contributed by atoms with E-state index in [0.717, 1.165) is 17.1 Å². The highest BCUT2D eigenvalue weighted by atomic mass is 16.5. The highest BCUT2D eigenvalue weighted by molar-refractivity contribution is 5.92. The average Bonchev–Trinajstić information content (AvgIpc) is 2.88. The predicted octanol–water partition coefficient (Wildman–Crippen LogP) is 0.905. The van der Waals surface area contributed by atoms with Crippen LogP contribution < -0.4 is 0 Å². The quantitative estimate of drug-likeness (QED) is 0.842. The Morgan fingerprint density at radius 2 is 2.27 bits per heavy atom. The van der Waals surface area contributed by atoms with Gasteiger partial charge in [0.25, 0.3) is 5.91 Å². The van der Waals surface area contributed by atoms with Gasteiger partial charge in [-0.2, -0.15) is 0 Å². The van der Waals surface area contributed by atoms with Gasteiger partial charge in [0.2, 0.25) is 0 Å². The van der Waals surface area contributed by atoms with Crippen molar-refractivity contribution >= 4 is 5.91 Å². The number of aryl methyl sites for hydroxylation is 2. The van der Waals surface area contributed by atoms with E-state index in [1.165, 1.54) is 0 Å². The minimum atomic E-state index is -0.0823. The average molecular weight is 301 g/mol. The van der Waals surface area contributed by atoms with Gasteiger partial charge in [-0.25, -0.2) is 4.98 Å². The molecule has 1 aliphatic rings. The summed E-state index contributed by atoms with van der Waals surface area (Å²) >= 11 is 0. The molecular weight excluding hydrogens is 282 g/mol. The van der Waals surface area contributed by atoms with E-state index in [2.05, 4.69) is 15.3 Å². The second kappa shape index (κ2) is 5.84. The Hall–Kier alpha value is -2.28. The van der Waals surface area contributed by atoms with Crippen LogP contribution in [0.5, 0.6) is 0 Å². The summed E-state index contributed by atoms with van der Waals surface area (Å²) in [6.45, 7) is 3.44. The summed E-state index contributed by atoms with van der Waals surface area (Å²) in [5.74, 6) is -0.0105. The summed E-state index contributed by atoms with van der Waals surface area (Å²) in [7, 11) is 3.53. The molecule has 116 valence electrons. The number of aromatic nitrogens is 4. The zero-order chi connectivity index (χ0) is 15.7. The van der Waals surface area contributed by atoms with Gasteiger partial charge in [-0.1, -0.05) is 11.3 Å². The number of amides is 1. The molecule has 7 nitrogen and oxygen atoms in total. The summed E-state index contributed by atoms with van der Waals surface area (Å²) in [4.78, 5) is 18.8. The largest absolute Gasteiger partial charge is 0.384 e. The third kappa shape index (κ3) is 2.59. The third-order valence-electron chi connectivity index (χ3n) is 3.87. The molecule has 1 aliphatic heterocycles. The van der Waals surface area contributed by atoms with Gasteiger partial charge in [-0.3, -0.25) is 9.48 Å². The molecule has 0 saturated carbocycles. The van der Waals surface area contributed by atoms with Crippen molar-refractivity contribution in [3.8, 4) is 0 Å². The van der Waals surface area contributed by atoms with E-state index in [9.17, 15) is 4.79 Å². The van der Waals surface area contributed by atoms with Crippen molar-refractivity contribution in [1.29, 1.82) is 0 Å². The fraction of sp³-hybridized carbons (Fsp3) is 0.467. The predicted molar refractivity (Wildman–Crippen MR) is 79.3 cm³/mol. The number of carbonyl (C=O) groups is 1. The Balaban J connectivity index is 1.89. The number of nitrogens with zero attached hydrogens (tertiary/aromatic N) is 5. The normalized spacial score (nSPS) is 17.4. The van der Waals surface area contributed by atoms with Crippen LogP contribution in [0.4, 0.5) is 0 Å². The van der Waals surface area contributed by atoms with Crippen LogP contribution in [0, 0.1) is 6.92 Å². The first-order valence-corrected chi connectivity index (χ1v) is 7.20. The Morgan fingerprint density at radius 1 is 1.45 bits per heavy atom. The molecule has 0 fully saturated rings. The lowest BCUT2D eigenvalue weighted by Crippen LogP contribution is -2.40. The van der Waals surface area contributed by atoms with Crippen molar-refractivity contribution in [2.45, 2.75) is 19.4 Å². The van der Waals surface area contributed by atoms with Crippen LogP contribution in [0.25, 0.3) is 0 Å². The molecule has 2 aromatic rings. The van der Waals surface area contributed by atoms with Crippen LogP contribution in [0.2, 0.25) is 0 Å². The van der Waals surface area contributed by atoms with E-state index in [0.29, 0.717) is 25.4 Å². The van der Waals surface area contributed by atoms with Crippen LogP contribution in [0.15, 0.2) is 18.2 Å². The van der Waals surface area contributed by atoms with Gasteiger partial charge in [-0.15, -0.1) is 5.10 Å². The molecule has 3 heterocycles. The van der Waals surface area contributed by atoms with E-state index >= 15 is 0 Å². The Kier molecular flexibility index (Phi) is 3.89. The number of methoxy groups -OCH3 is 1. The zero-order valence-corrected chi connectivity index (χ0v) is 13.0. The SMILES string of the molecule is COCC1CN(C(=O)c2cccc(C)n2)Cc2nnn(C)c21. The van der Waals surface area contributed by atoms with E-state index in [-0.39, 0.29) is 11.8 Å². The fourth-order valence-electron chi connectivity index (χ4n) is 2.93. The summed E-state index contributed by atoms with van der Waals surface area (Å²) in [6, 6.07) is 5.47. The molecule has 0 aliphatic carbocycles. The monoisotopic (exact) mass is 301 g/mol. The van der Waals surface area contributed by atoms with Gasteiger partial charge in [-0.05, 0) is 19.1 Å². The molecule has 1 unspecified atom stereocenters. The van der Waals surface area contributed by atoms with E-state index in [4.69, 9.17) is 4.74 Å². The second-order valence-corrected chi connectivity index (χ2v) is 5.55. The molecule has 22 heavy (non-hydrogen) atoms. The van der Waals surface area contributed by atoms with Crippen molar-refractivity contribution in [1.82, 2.24) is 24.9 Å². The lowest BCUT2D eigenvalue weighted by Gasteiger charge is -2.31. The first kappa shape index (κ1) is 14.6. The molecular formula is C15H19N5O2. The number of rotatable bonds is 3. The van der Waals surface area contributed by atoms with E-state index < -0.39 is 0 Å². The molecule has 0 aromatic carbocycles. The summed E-state index contributed by atoms with van der Waals surface area (Å²) in [6.07, 6.45) is 0. The van der Waals surface area contributed by atoms with Crippen molar-refractivity contribution in [2.75, 3.05) is 20.3 Å². The fourth-order valence-corrected chi connectivity index (χ4v) is 2.93. The Morgan fingerprint density at radius 3 is 3.00 bits per heavy atom. The van der Waals surface area contributed by atoms with Gasteiger partial charge >= 0.3 is 0 Å². The molecule has 1 atom stereocenters. The first-order valence-electron chi connectivity index (χ1n) is 7.20. The highest BCUT2D eigenvalue weighted by Crippen LogP contribution is 2.27. The van der Waals surface area contributed by atoms with E-state index in [1.807, 2.05) is 26.1 Å². The summed E-state index contributed by atoms with van der Waals surface area (Å²) in [5, 5.41) is 8.24. The number of carbonyl (C=O) groups excluding carboxylic acids is 1. The summed E-state index contributed by atoms with van der Waals surface area (Å²) < 4.78 is 7.06. The van der Waals surface area contributed by atoms with Gasteiger partial charge in [0.05, 0.1) is 18.8 Å². The first-order chi connectivity index (χ1) is 10.6. The number of pyridine rings is 1. The Bertz CT molecular complexity index is 697. The minimum absolute atomic E-state index is 0.0718. The van der Waals surface area contributed by atoms with Crippen LogP contribution in [0.3, 0.4) is 0 Å². The van der Waals surface area contributed by atoms with Gasteiger partial charge in [0.15, 0.2) is 0 Å². The number of ether oxygens (including phenoxy) is 1. The lowest BCUT2D eigenvalue weighted by atomic mass is 9.98. The number of hydrogen-bond donors (Lipinski definition) is 0. The molecule has 0 N–H and O–H groups in total. The molecule has 0 saturated heterocycles. The van der Waals surface area contributed by atoms with Gasteiger partial charge in [0, 0.05) is 32.3 Å². The molecule has 0 radical (unpaired) electrons. The van der Waals surface area contributed by atoms with Crippen LogP contribution in [-0.2, 0) is 18.3 Å². The highest BCUT2D eigenvalue weighted by Gasteiger charge is 2.33. The van der Waals surface area contributed by atoms with Gasteiger partial charge < -0.3 is 9.64 Å². The number of hydrogen-bond acceptors (Lipinski definition) is 5. The molecule has 3 rings (SSSR count). The summed E-state index contributed by atoms with van der Waals surface area (Å²) in [5.41, 5.74) is 3.17. The maximum absolute atomic E-state index is 12.7. The Labute approximate surface area is 128 Å². The molecule has 7 heteroatoms. The van der Waals surface area contributed by atoms with Crippen LogP contribution in [-0.4, -0.2) is 51.0 Å². The maximum Gasteiger partial charge on any atom is 0.272 e.